The highest BCUT2D eigenvalue weighted by Crippen LogP contribution is 2.27. The predicted molar refractivity (Wildman–Crippen MR) is 73.3 cm³/mol. The molecule has 2 N–H and O–H groups in total. The van der Waals surface area contributed by atoms with Gasteiger partial charge in [-0.05, 0) is 44.7 Å². The topological polar surface area (TPSA) is 32.5 Å². The molecule has 0 saturated carbocycles. The van der Waals surface area contributed by atoms with Crippen molar-refractivity contribution in [2.75, 3.05) is 31.6 Å². The van der Waals surface area contributed by atoms with E-state index in [4.69, 9.17) is 5.73 Å². The molecule has 4 heteroatoms. The molecule has 2 rings (SSSR count). The van der Waals surface area contributed by atoms with Crippen molar-refractivity contribution in [1.29, 1.82) is 0 Å². The minimum absolute atomic E-state index is 0.148. The summed E-state index contributed by atoms with van der Waals surface area (Å²) in [5.74, 6) is -0.215. The summed E-state index contributed by atoms with van der Waals surface area (Å²) >= 11 is 0. The lowest BCUT2D eigenvalue weighted by Gasteiger charge is -2.40. The molecule has 1 heterocycles. The standard InChI is InChI=1S/C14H22FN3/c1-10-9-18(7-6-17(10)3)14-5-4-12(15)8-13(14)11(2)16/h4-5,8,10-11H,6-7,9,16H2,1-3H3/t10?,11-/m0/s1. The maximum absolute atomic E-state index is 13.3. The quantitative estimate of drug-likeness (QED) is 0.872. The van der Waals surface area contributed by atoms with Crippen molar-refractivity contribution in [1.82, 2.24) is 4.90 Å². The molecule has 0 aliphatic carbocycles. The lowest BCUT2D eigenvalue weighted by atomic mass is 10.0. The molecule has 1 unspecified atom stereocenters. The normalized spacial score (nSPS) is 23.2. The molecule has 0 spiro atoms. The van der Waals surface area contributed by atoms with Crippen LogP contribution in [0.5, 0.6) is 0 Å². The third kappa shape index (κ3) is 2.65. The number of piperazine rings is 1. The maximum Gasteiger partial charge on any atom is 0.123 e. The van der Waals surface area contributed by atoms with Gasteiger partial charge in [0.25, 0.3) is 0 Å². The number of rotatable bonds is 2. The van der Waals surface area contributed by atoms with Crippen LogP contribution in [-0.2, 0) is 0 Å². The van der Waals surface area contributed by atoms with Gasteiger partial charge in [-0.3, -0.25) is 0 Å². The van der Waals surface area contributed by atoms with Crippen LogP contribution >= 0.6 is 0 Å². The van der Waals surface area contributed by atoms with Crippen LogP contribution in [0.2, 0.25) is 0 Å². The van der Waals surface area contributed by atoms with Gasteiger partial charge in [0.2, 0.25) is 0 Å². The fraction of sp³-hybridized carbons (Fsp3) is 0.571. The molecule has 18 heavy (non-hydrogen) atoms. The van der Waals surface area contributed by atoms with Crippen molar-refractivity contribution in [3.63, 3.8) is 0 Å². The highest BCUT2D eigenvalue weighted by Gasteiger charge is 2.23. The molecule has 1 aromatic rings. The van der Waals surface area contributed by atoms with Gasteiger partial charge in [-0.25, -0.2) is 4.39 Å². The smallest absolute Gasteiger partial charge is 0.123 e. The summed E-state index contributed by atoms with van der Waals surface area (Å²) in [6, 6.07) is 5.29. The average molecular weight is 251 g/mol. The number of nitrogens with zero attached hydrogens (tertiary/aromatic N) is 2. The van der Waals surface area contributed by atoms with Gasteiger partial charge in [-0.1, -0.05) is 0 Å². The monoisotopic (exact) mass is 251 g/mol. The van der Waals surface area contributed by atoms with Crippen molar-refractivity contribution in [3.05, 3.63) is 29.6 Å². The van der Waals surface area contributed by atoms with Crippen molar-refractivity contribution in [3.8, 4) is 0 Å². The second-order valence-electron chi connectivity index (χ2n) is 5.27. The second kappa shape index (κ2) is 5.24. The molecule has 1 fully saturated rings. The van der Waals surface area contributed by atoms with Crippen LogP contribution in [0.15, 0.2) is 18.2 Å². The van der Waals surface area contributed by atoms with Crippen LogP contribution < -0.4 is 10.6 Å². The fourth-order valence-electron chi connectivity index (χ4n) is 2.45. The highest BCUT2D eigenvalue weighted by atomic mass is 19.1. The minimum atomic E-state index is -0.215. The zero-order valence-electron chi connectivity index (χ0n) is 11.4. The largest absolute Gasteiger partial charge is 0.368 e. The highest BCUT2D eigenvalue weighted by molar-refractivity contribution is 5.55. The summed E-state index contributed by atoms with van der Waals surface area (Å²) in [6.07, 6.45) is 0. The number of hydrogen-bond donors (Lipinski definition) is 1. The van der Waals surface area contributed by atoms with Crippen LogP contribution in [0.1, 0.15) is 25.5 Å². The van der Waals surface area contributed by atoms with Crippen molar-refractivity contribution >= 4 is 5.69 Å². The van der Waals surface area contributed by atoms with Gasteiger partial charge in [-0.15, -0.1) is 0 Å². The molecule has 0 amide bonds. The molecule has 0 bridgehead atoms. The van der Waals surface area contributed by atoms with Gasteiger partial charge in [0.05, 0.1) is 0 Å². The van der Waals surface area contributed by atoms with E-state index in [-0.39, 0.29) is 11.9 Å². The number of benzene rings is 1. The zero-order valence-corrected chi connectivity index (χ0v) is 11.4. The summed E-state index contributed by atoms with van der Waals surface area (Å²) in [4.78, 5) is 4.65. The Morgan fingerprint density at radius 1 is 1.39 bits per heavy atom. The van der Waals surface area contributed by atoms with Crippen molar-refractivity contribution < 1.29 is 4.39 Å². The molecular weight excluding hydrogens is 229 g/mol. The Bertz CT molecular complexity index is 420. The molecule has 3 nitrogen and oxygen atoms in total. The Morgan fingerprint density at radius 3 is 2.72 bits per heavy atom. The van der Waals surface area contributed by atoms with E-state index in [2.05, 4.69) is 23.8 Å². The molecule has 0 radical (unpaired) electrons. The van der Waals surface area contributed by atoms with E-state index in [9.17, 15) is 4.39 Å². The molecule has 100 valence electrons. The van der Waals surface area contributed by atoms with E-state index in [0.717, 1.165) is 30.9 Å². The molecule has 2 atom stereocenters. The van der Waals surface area contributed by atoms with Gasteiger partial charge >= 0.3 is 0 Å². The average Bonchev–Trinajstić information content (AvgIpc) is 2.32. The number of likely N-dealkylation sites (N-methyl/N-ethyl adjacent to an activating group) is 1. The van der Waals surface area contributed by atoms with E-state index in [1.54, 1.807) is 6.07 Å². The molecule has 1 saturated heterocycles. The molecule has 1 aliphatic rings. The Hall–Kier alpha value is -1.13. The van der Waals surface area contributed by atoms with Gasteiger partial charge in [0.15, 0.2) is 0 Å². The Morgan fingerprint density at radius 2 is 2.11 bits per heavy atom. The molecule has 1 aliphatic heterocycles. The molecular formula is C14H22FN3. The molecule has 0 aromatic heterocycles. The Labute approximate surface area is 108 Å². The first-order chi connectivity index (χ1) is 8.49. The van der Waals surface area contributed by atoms with E-state index in [1.807, 2.05) is 13.0 Å². The first-order valence-electron chi connectivity index (χ1n) is 6.49. The summed E-state index contributed by atoms with van der Waals surface area (Å²) in [5.41, 5.74) is 7.92. The van der Waals surface area contributed by atoms with Crippen LogP contribution in [0.3, 0.4) is 0 Å². The van der Waals surface area contributed by atoms with Crippen LogP contribution in [-0.4, -0.2) is 37.6 Å². The van der Waals surface area contributed by atoms with Gasteiger partial charge < -0.3 is 15.5 Å². The third-order valence-electron chi connectivity index (χ3n) is 3.78. The number of halogens is 1. The first-order valence-corrected chi connectivity index (χ1v) is 6.49. The first kappa shape index (κ1) is 13.3. The third-order valence-corrected chi connectivity index (χ3v) is 3.78. The lowest BCUT2D eigenvalue weighted by Crippen LogP contribution is -2.50. The number of nitrogens with two attached hydrogens (primary N) is 1. The van der Waals surface area contributed by atoms with Gasteiger partial charge in [0, 0.05) is 37.4 Å². The van der Waals surface area contributed by atoms with E-state index in [0.29, 0.717) is 6.04 Å². The molecule has 1 aromatic carbocycles. The summed E-state index contributed by atoms with van der Waals surface area (Å²) in [5, 5.41) is 0. The maximum atomic E-state index is 13.3. The summed E-state index contributed by atoms with van der Waals surface area (Å²) in [7, 11) is 2.14. The second-order valence-corrected chi connectivity index (χ2v) is 5.27. The predicted octanol–water partition coefficient (Wildman–Crippen LogP) is 1.99. The van der Waals surface area contributed by atoms with Crippen LogP contribution in [0, 0.1) is 5.82 Å². The lowest BCUT2D eigenvalue weighted by molar-refractivity contribution is 0.234. The fourth-order valence-corrected chi connectivity index (χ4v) is 2.45. The van der Waals surface area contributed by atoms with E-state index < -0.39 is 0 Å². The number of hydrogen-bond acceptors (Lipinski definition) is 3. The van der Waals surface area contributed by atoms with Crippen LogP contribution in [0.4, 0.5) is 10.1 Å². The van der Waals surface area contributed by atoms with Gasteiger partial charge in [0.1, 0.15) is 5.82 Å². The van der Waals surface area contributed by atoms with Crippen molar-refractivity contribution in [2.24, 2.45) is 5.73 Å². The minimum Gasteiger partial charge on any atom is -0.368 e. The van der Waals surface area contributed by atoms with Crippen LogP contribution in [0.25, 0.3) is 0 Å². The SMILES string of the molecule is CC1CN(c2ccc(F)cc2[C@H](C)N)CCN1C. The van der Waals surface area contributed by atoms with E-state index in [1.165, 1.54) is 6.07 Å². The Balaban J connectivity index is 2.28. The van der Waals surface area contributed by atoms with Crippen molar-refractivity contribution in [2.45, 2.75) is 25.9 Å². The van der Waals surface area contributed by atoms with Gasteiger partial charge in [-0.2, -0.15) is 0 Å². The Kier molecular flexibility index (Phi) is 3.88. The summed E-state index contributed by atoms with van der Waals surface area (Å²) in [6.45, 7) is 7.06. The summed E-state index contributed by atoms with van der Waals surface area (Å²) < 4.78 is 13.3. The zero-order chi connectivity index (χ0) is 13.3. The van der Waals surface area contributed by atoms with E-state index >= 15 is 0 Å². The number of anilines is 1.